The fraction of sp³-hybridized carbons (Fsp3) is 0.765. The van der Waals surface area contributed by atoms with E-state index < -0.39 is 5.41 Å². The third kappa shape index (κ3) is 2.67. The Labute approximate surface area is 133 Å². The van der Waals surface area contributed by atoms with Crippen LogP contribution in [-0.2, 0) is 24.8 Å². The Morgan fingerprint density at radius 3 is 2.50 bits per heavy atom. The van der Waals surface area contributed by atoms with Crippen LogP contribution in [0.4, 0.5) is 0 Å². The van der Waals surface area contributed by atoms with Crippen LogP contribution in [0.3, 0.4) is 0 Å². The van der Waals surface area contributed by atoms with Crippen LogP contribution in [0, 0.1) is 5.41 Å². The monoisotopic (exact) mass is 306 g/mol. The molecule has 0 fully saturated rings. The lowest BCUT2D eigenvalue weighted by Crippen LogP contribution is -2.49. The van der Waals surface area contributed by atoms with Gasteiger partial charge in [0.2, 0.25) is 5.91 Å². The van der Waals surface area contributed by atoms with Crippen molar-refractivity contribution in [1.29, 1.82) is 0 Å². The standard InChI is InChI=1S/C17H30N4O/c1-6-17(7-2,11-18)16(22)21-9-8-14-13(10-21)19-15(12(3)4)20(14)5/h12H,6-11,18H2,1-5H3. The van der Waals surface area contributed by atoms with Gasteiger partial charge in [0, 0.05) is 38.2 Å². The van der Waals surface area contributed by atoms with E-state index >= 15 is 0 Å². The van der Waals surface area contributed by atoms with Gasteiger partial charge in [-0.05, 0) is 12.8 Å². The zero-order chi connectivity index (χ0) is 16.5. The highest BCUT2D eigenvalue weighted by Crippen LogP contribution is 2.31. The molecule has 1 aromatic heterocycles. The molecular formula is C17H30N4O. The van der Waals surface area contributed by atoms with Crippen molar-refractivity contribution >= 4 is 5.91 Å². The fourth-order valence-electron chi connectivity index (χ4n) is 3.50. The molecule has 0 saturated heterocycles. The second-order valence-corrected chi connectivity index (χ2v) is 6.75. The maximum absolute atomic E-state index is 13.0. The number of hydrogen-bond acceptors (Lipinski definition) is 3. The van der Waals surface area contributed by atoms with E-state index in [0.29, 0.717) is 19.0 Å². The van der Waals surface area contributed by atoms with Crippen LogP contribution in [0.2, 0.25) is 0 Å². The van der Waals surface area contributed by atoms with E-state index in [9.17, 15) is 4.79 Å². The molecule has 2 N–H and O–H groups in total. The van der Waals surface area contributed by atoms with E-state index in [1.807, 2.05) is 4.90 Å². The number of carbonyl (C=O) groups is 1. The van der Waals surface area contributed by atoms with Gasteiger partial charge in [-0.25, -0.2) is 4.98 Å². The highest BCUT2D eigenvalue weighted by molar-refractivity contribution is 5.83. The lowest BCUT2D eigenvalue weighted by molar-refractivity contribution is -0.143. The number of aromatic nitrogens is 2. The van der Waals surface area contributed by atoms with E-state index in [1.54, 1.807) is 0 Å². The summed E-state index contributed by atoms with van der Waals surface area (Å²) in [5.41, 5.74) is 7.86. The highest BCUT2D eigenvalue weighted by atomic mass is 16.2. The van der Waals surface area contributed by atoms with E-state index in [1.165, 1.54) is 5.69 Å². The van der Waals surface area contributed by atoms with Gasteiger partial charge in [-0.2, -0.15) is 0 Å². The Kier molecular flexibility index (Phi) is 4.95. The molecule has 0 spiro atoms. The number of rotatable bonds is 5. The molecule has 1 aliphatic heterocycles. The lowest BCUT2D eigenvalue weighted by Gasteiger charge is -2.36. The number of fused-ring (bicyclic) bond motifs is 1. The summed E-state index contributed by atoms with van der Waals surface area (Å²) in [6.07, 6.45) is 2.47. The second-order valence-electron chi connectivity index (χ2n) is 6.75. The Balaban J connectivity index is 2.25. The molecule has 1 aromatic rings. The summed E-state index contributed by atoms with van der Waals surface area (Å²) in [5, 5.41) is 0. The number of nitrogens with two attached hydrogens (primary N) is 1. The number of nitrogens with zero attached hydrogens (tertiary/aromatic N) is 3. The summed E-state index contributed by atoms with van der Waals surface area (Å²) in [6.45, 7) is 10.2. The predicted molar refractivity (Wildman–Crippen MR) is 88.5 cm³/mol. The molecule has 5 heteroatoms. The molecular weight excluding hydrogens is 276 g/mol. The summed E-state index contributed by atoms with van der Waals surface area (Å²) in [5.74, 6) is 1.70. The molecule has 124 valence electrons. The van der Waals surface area contributed by atoms with Crippen LogP contribution in [0.15, 0.2) is 0 Å². The molecule has 22 heavy (non-hydrogen) atoms. The maximum atomic E-state index is 13.0. The summed E-state index contributed by atoms with van der Waals surface area (Å²) >= 11 is 0. The minimum Gasteiger partial charge on any atom is -0.336 e. The average Bonchev–Trinajstić information content (AvgIpc) is 2.86. The lowest BCUT2D eigenvalue weighted by atomic mass is 9.80. The average molecular weight is 306 g/mol. The van der Waals surface area contributed by atoms with Crippen LogP contribution in [-0.4, -0.2) is 33.4 Å². The third-order valence-corrected chi connectivity index (χ3v) is 5.29. The van der Waals surface area contributed by atoms with Gasteiger partial charge in [-0.15, -0.1) is 0 Å². The zero-order valence-corrected chi connectivity index (χ0v) is 14.6. The normalized spacial score (nSPS) is 15.3. The summed E-state index contributed by atoms with van der Waals surface area (Å²) < 4.78 is 2.21. The predicted octanol–water partition coefficient (Wildman–Crippen LogP) is 2.19. The van der Waals surface area contributed by atoms with Gasteiger partial charge in [-0.1, -0.05) is 27.7 Å². The molecule has 0 radical (unpaired) electrons. The second kappa shape index (κ2) is 6.41. The highest BCUT2D eigenvalue weighted by Gasteiger charge is 2.38. The first-order valence-electron chi connectivity index (χ1n) is 8.44. The van der Waals surface area contributed by atoms with Crippen molar-refractivity contribution in [2.45, 2.75) is 59.4 Å². The molecule has 2 rings (SSSR count). The first-order valence-corrected chi connectivity index (χ1v) is 8.44. The number of amides is 1. The van der Waals surface area contributed by atoms with Crippen LogP contribution >= 0.6 is 0 Å². The van der Waals surface area contributed by atoms with Gasteiger partial charge in [-0.3, -0.25) is 4.79 Å². The van der Waals surface area contributed by atoms with Crippen LogP contribution < -0.4 is 5.73 Å². The first kappa shape index (κ1) is 17.0. The number of carbonyl (C=O) groups excluding carboxylic acids is 1. The van der Waals surface area contributed by atoms with Crippen molar-refractivity contribution in [3.05, 3.63) is 17.2 Å². The van der Waals surface area contributed by atoms with E-state index in [4.69, 9.17) is 10.7 Å². The van der Waals surface area contributed by atoms with E-state index in [-0.39, 0.29) is 5.91 Å². The molecule has 5 nitrogen and oxygen atoms in total. The Hall–Kier alpha value is -1.36. The summed E-state index contributed by atoms with van der Waals surface area (Å²) in [6, 6.07) is 0. The smallest absolute Gasteiger partial charge is 0.230 e. The van der Waals surface area contributed by atoms with Crippen molar-refractivity contribution in [2.24, 2.45) is 18.2 Å². The van der Waals surface area contributed by atoms with Crippen LogP contribution in [0.1, 0.15) is 63.7 Å². The zero-order valence-electron chi connectivity index (χ0n) is 14.6. The largest absolute Gasteiger partial charge is 0.336 e. The molecule has 0 aromatic carbocycles. The van der Waals surface area contributed by atoms with Gasteiger partial charge in [0.05, 0.1) is 17.7 Å². The first-order chi connectivity index (χ1) is 10.4. The van der Waals surface area contributed by atoms with E-state index in [0.717, 1.165) is 37.3 Å². The molecule has 0 bridgehead atoms. The fourth-order valence-corrected chi connectivity index (χ4v) is 3.50. The van der Waals surface area contributed by atoms with E-state index in [2.05, 4.69) is 39.3 Å². The van der Waals surface area contributed by atoms with Crippen molar-refractivity contribution in [3.8, 4) is 0 Å². The van der Waals surface area contributed by atoms with Gasteiger partial charge >= 0.3 is 0 Å². The Bertz CT molecular complexity index is 535. The van der Waals surface area contributed by atoms with Gasteiger partial charge in [0.15, 0.2) is 0 Å². The number of imidazole rings is 1. The summed E-state index contributed by atoms with van der Waals surface area (Å²) in [4.78, 5) is 19.7. The molecule has 2 heterocycles. The van der Waals surface area contributed by atoms with Gasteiger partial charge in [0.1, 0.15) is 5.82 Å². The quantitative estimate of drug-likeness (QED) is 0.907. The summed E-state index contributed by atoms with van der Waals surface area (Å²) in [7, 11) is 2.08. The maximum Gasteiger partial charge on any atom is 0.230 e. The van der Waals surface area contributed by atoms with Crippen molar-refractivity contribution in [3.63, 3.8) is 0 Å². The van der Waals surface area contributed by atoms with Gasteiger partial charge < -0.3 is 15.2 Å². The third-order valence-electron chi connectivity index (χ3n) is 5.29. The molecule has 1 aliphatic rings. The van der Waals surface area contributed by atoms with Gasteiger partial charge in [0.25, 0.3) is 0 Å². The van der Waals surface area contributed by atoms with Crippen molar-refractivity contribution in [2.75, 3.05) is 13.1 Å². The van der Waals surface area contributed by atoms with Crippen LogP contribution in [0.5, 0.6) is 0 Å². The van der Waals surface area contributed by atoms with Crippen LogP contribution in [0.25, 0.3) is 0 Å². The van der Waals surface area contributed by atoms with Crippen molar-refractivity contribution in [1.82, 2.24) is 14.5 Å². The minimum atomic E-state index is -0.410. The Morgan fingerprint density at radius 1 is 1.36 bits per heavy atom. The van der Waals surface area contributed by atoms with Crippen molar-refractivity contribution < 1.29 is 4.79 Å². The molecule has 0 atom stereocenters. The molecule has 0 unspecified atom stereocenters. The number of hydrogen-bond donors (Lipinski definition) is 1. The molecule has 0 aliphatic carbocycles. The molecule has 0 saturated carbocycles. The minimum absolute atomic E-state index is 0.197. The SMILES string of the molecule is CCC(CC)(CN)C(=O)N1CCc2c(nc(C(C)C)n2C)C1. The molecule has 1 amide bonds. The topological polar surface area (TPSA) is 64.2 Å². The Morgan fingerprint density at radius 2 is 2.00 bits per heavy atom.